The van der Waals surface area contributed by atoms with E-state index in [1.807, 2.05) is 0 Å². The molecule has 1 atom stereocenters. The van der Waals surface area contributed by atoms with Crippen LogP contribution in [0.2, 0.25) is 0 Å². The third-order valence-corrected chi connectivity index (χ3v) is 5.59. The number of hydrogen-bond donors (Lipinski definition) is 3. The largest absolute Gasteiger partial charge is 0.329 e. The molecule has 5 N–H and O–H groups in total. The monoisotopic (exact) mass is 355 g/mol. The highest BCUT2D eigenvalue weighted by atomic mass is 35.5. The SMILES string of the molecule is Cl.NCC(NS(=O)(=O)c1cccc(S(N)(=O)=O)c1)C1CC1. The first-order chi connectivity index (χ1) is 9.24. The molecule has 0 heterocycles. The molecule has 0 aliphatic heterocycles. The van der Waals surface area contributed by atoms with Gasteiger partial charge in [0.1, 0.15) is 0 Å². The van der Waals surface area contributed by atoms with Gasteiger partial charge in [-0.15, -0.1) is 12.4 Å². The van der Waals surface area contributed by atoms with Crippen LogP contribution in [0.1, 0.15) is 12.8 Å². The van der Waals surface area contributed by atoms with E-state index in [0.29, 0.717) is 0 Å². The lowest BCUT2D eigenvalue weighted by Gasteiger charge is -2.16. The standard InChI is InChI=1S/C11H17N3O4S2.ClH/c12-7-11(8-4-5-8)14-20(17,18)10-3-1-2-9(6-10)19(13,15)16;/h1-3,6,8,11,14H,4-5,7,12H2,(H2,13,15,16);1H. The molecule has 1 aromatic carbocycles. The van der Waals surface area contributed by atoms with E-state index in [-0.39, 0.29) is 40.7 Å². The molecule has 1 aromatic rings. The molecule has 1 aliphatic carbocycles. The highest BCUT2D eigenvalue weighted by Crippen LogP contribution is 2.32. The molecule has 0 aromatic heterocycles. The molecule has 1 saturated carbocycles. The zero-order valence-corrected chi connectivity index (χ0v) is 13.5. The predicted octanol–water partition coefficient (Wildman–Crippen LogP) is -0.229. The Labute approximate surface area is 130 Å². The summed E-state index contributed by atoms with van der Waals surface area (Å²) in [6, 6.07) is 4.62. The highest BCUT2D eigenvalue weighted by molar-refractivity contribution is 7.90. The van der Waals surface area contributed by atoms with E-state index in [9.17, 15) is 16.8 Å². The minimum atomic E-state index is -3.94. The Balaban J connectivity index is 0.00000220. The van der Waals surface area contributed by atoms with Crippen molar-refractivity contribution >= 4 is 32.5 Å². The first-order valence-electron chi connectivity index (χ1n) is 6.09. The Hall–Kier alpha value is -0.710. The van der Waals surface area contributed by atoms with Crippen molar-refractivity contribution in [1.82, 2.24) is 4.72 Å². The maximum absolute atomic E-state index is 12.2. The minimum absolute atomic E-state index is 0. The van der Waals surface area contributed by atoms with Gasteiger partial charge in [0.2, 0.25) is 20.0 Å². The van der Waals surface area contributed by atoms with Crippen LogP contribution in [0, 0.1) is 5.92 Å². The van der Waals surface area contributed by atoms with Crippen molar-refractivity contribution in [1.29, 1.82) is 0 Å². The Morgan fingerprint density at radius 1 is 1.19 bits per heavy atom. The summed E-state index contributed by atoms with van der Waals surface area (Å²) in [6.45, 7) is 0.207. The van der Waals surface area contributed by atoms with E-state index in [4.69, 9.17) is 10.9 Å². The van der Waals surface area contributed by atoms with E-state index in [1.165, 1.54) is 18.2 Å². The van der Waals surface area contributed by atoms with Crippen molar-refractivity contribution in [3.63, 3.8) is 0 Å². The molecule has 1 unspecified atom stereocenters. The molecule has 10 heteroatoms. The predicted molar refractivity (Wildman–Crippen MR) is 81.0 cm³/mol. The zero-order chi connectivity index (χ0) is 15.0. The summed E-state index contributed by atoms with van der Waals surface area (Å²) >= 11 is 0. The number of primary sulfonamides is 1. The zero-order valence-electron chi connectivity index (χ0n) is 11.1. The van der Waals surface area contributed by atoms with Crippen LogP contribution in [0.4, 0.5) is 0 Å². The normalized spacial score (nSPS) is 17.0. The van der Waals surface area contributed by atoms with Crippen molar-refractivity contribution in [2.75, 3.05) is 6.54 Å². The topological polar surface area (TPSA) is 132 Å². The lowest BCUT2D eigenvalue weighted by Crippen LogP contribution is -2.41. The third kappa shape index (κ3) is 4.63. The van der Waals surface area contributed by atoms with E-state index >= 15 is 0 Å². The summed E-state index contributed by atoms with van der Waals surface area (Å²) in [5.41, 5.74) is 5.56. The smallest absolute Gasteiger partial charge is 0.240 e. The van der Waals surface area contributed by atoms with Crippen LogP contribution >= 0.6 is 12.4 Å². The third-order valence-electron chi connectivity index (χ3n) is 3.20. The summed E-state index contributed by atoms with van der Waals surface area (Å²) in [7, 11) is -7.75. The summed E-state index contributed by atoms with van der Waals surface area (Å²) < 4.78 is 49.4. The maximum atomic E-state index is 12.2. The van der Waals surface area contributed by atoms with Crippen LogP contribution in [0.3, 0.4) is 0 Å². The lowest BCUT2D eigenvalue weighted by molar-refractivity contribution is 0.519. The first kappa shape index (κ1) is 18.3. The van der Waals surface area contributed by atoms with Crippen LogP contribution in [0.5, 0.6) is 0 Å². The molecule has 0 spiro atoms. The van der Waals surface area contributed by atoms with Gasteiger partial charge in [-0.25, -0.2) is 26.7 Å². The van der Waals surface area contributed by atoms with Gasteiger partial charge in [-0.2, -0.15) is 0 Å². The number of hydrogen-bond acceptors (Lipinski definition) is 5. The van der Waals surface area contributed by atoms with Crippen LogP contribution in [-0.2, 0) is 20.0 Å². The summed E-state index contributed by atoms with van der Waals surface area (Å²) in [5, 5.41) is 4.99. The number of sulfonamides is 2. The number of rotatable bonds is 6. The van der Waals surface area contributed by atoms with Gasteiger partial charge < -0.3 is 5.73 Å². The Morgan fingerprint density at radius 3 is 2.24 bits per heavy atom. The lowest BCUT2D eigenvalue weighted by atomic mass is 10.2. The van der Waals surface area contributed by atoms with Gasteiger partial charge in [-0.3, -0.25) is 0 Å². The van der Waals surface area contributed by atoms with Gasteiger partial charge in [0.25, 0.3) is 0 Å². The van der Waals surface area contributed by atoms with E-state index in [2.05, 4.69) is 4.72 Å². The van der Waals surface area contributed by atoms with Crippen molar-refractivity contribution in [2.24, 2.45) is 16.8 Å². The van der Waals surface area contributed by atoms with Gasteiger partial charge in [0.05, 0.1) is 9.79 Å². The van der Waals surface area contributed by atoms with Gasteiger partial charge in [0, 0.05) is 12.6 Å². The van der Waals surface area contributed by atoms with Crippen LogP contribution in [-0.4, -0.2) is 29.4 Å². The fourth-order valence-electron chi connectivity index (χ4n) is 1.92. The van der Waals surface area contributed by atoms with Crippen molar-refractivity contribution in [3.8, 4) is 0 Å². The number of nitrogens with one attached hydrogen (secondary N) is 1. The summed E-state index contributed by atoms with van der Waals surface area (Å²) in [6.07, 6.45) is 1.89. The molecule has 1 fully saturated rings. The fraction of sp³-hybridized carbons (Fsp3) is 0.455. The molecule has 0 amide bonds. The van der Waals surface area contributed by atoms with Crippen molar-refractivity contribution < 1.29 is 16.8 Å². The molecule has 120 valence electrons. The summed E-state index contributed by atoms with van der Waals surface area (Å²) in [4.78, 5) is -0.376. The van der Waals surface area contributed by atoms with Crippen LogP contribution < -0.4 is 15.6 Å². The molecule has 0 bridgehead atoms. The second kappa shape index (κ2) is 6.59. The minimum Gasteiger partial charge on any atom is -0.329 e. The molecule has 21 heavy (non-hydrogen) atoms. The second-order valence-electron chi connectivity index (χ2n) is 4.82. The Bertz CT molecular complexity index is 702. The number of halogens is 1. The first-order valence-corrected chi connectivity index (χ1v) is 9.12. The molecular weight excluding hydrogens is 338 g/mol. The van der Waals surface area contributed by atoms with E-state index in [0.717, 1.165) is 18.9 Å². The molecule has 2 rings (SSSR count). The van der Waals surface area contributed by atoms with Crippen molar-refractivity contribution in [2.45, 2.75) is 28.7 Å². The summed E-state index contributed by atoms with van der Waals surface area (Å²) in [5.74, 6) is 0.260. The maximum Gasteiger partial charge on any atom is 0.240 e. The average molecular weight is 356 g/mol. The Morgan fingerprint density at radius 2 is 1.76 bits per heavy atom. The highest BCUT2D eigenvalue weighted by Gasteiger charge is 2.33. The van der Waals surface area contributed by atoms with E-state index in [1.54, 1.807) is 0 Å². The van der Waals surface area contributed by atoms with Crippen LogP contribution in [0.15, 0.2) is 34.1 Å². The molecular formula is C11H18ClN3O4S2. The van der Waals surface area contributed by atoms with Crippen molar-refractivity contribution in [3.05, 3.63) is 24.3 Å². The van der Waals surface area contributed by atoms with E-state index < -0.39 is 20.0 Å². The molecule has 0 saturated heterocycles. The molecule has 0 radical (unpaired) electrons. The molecule has 7 nitrogen and oxygen atoms in total. The number of nitrogens with two attached hydrogens (primary N) is 2. The van der Waals surface area contributed by atoms with Crippen LogP contribution in [0.25, 0.3) is 0 Å². The second-order valence-corrected chi connectivity index (χ2v) is 8.10. The van der Waals surface area contributed by atoms with Gasteiger partial charge in [0.15, 0.2) is 0 Å². The quantitative estimate of drug-likeness (QED) is 0.648. The Kier molecular flexibility index (Phi) is 5.76. The van der Waals surface area contributed by atoms with Gasteiger partial charge in [-0.1, -0.05) is 6.07 Å². The molecule has 1 aliphatic rings. The number of benzene rings is 1. The fourth-order valence-corrected chi connectivity index (χ4v) is 3.92. The van der Waals surface area contributed by atoms with Gasteiger partial charge >= 0.3 is 0 Å². The average Bonchev–Trinajstić information content (AvgIpc) is 3.19. The van der Waals surface area contributed by atoms with Gasteiger partial charge in [-0.05, 0) is 37.0 Å².